The fraction of sp³-hybridized carbons (Fsp3) is 0.562. The van der Waals surface area contributed by atoms with Crippen LogP contribution in [0.25, 0.3) is 0 Å². The second-order valence-electron chi connectivity index (χ2n) is 5.66. The molecule has 0 bridgehead atoms. The fourth-order valence-electron chi connectivity index (χ4n) is 2.07. The van der Waals surface area contributed by atoms with Crippen LogP contribution in [0.5, 0.6) is 5.75 Å². The van der Waals surface area contributed by atoms with E-state index in [4.69, 9.17) is 4.74 Å². The number of hydrogen-bond acceptors (Lipinski definition) is 3. The van der Waals surface area contributed by atoms with Crippen molar-refractivity contribution in [2.45, 2.75) is 38.8 Å². The number of carbonyl (C=O) groups is 1. The smallest absolute Gasteiger partial charge is 0.242 e. The molecule has 0 saturated heterocycles. The van der Waals surface area contributed by atoms with Crippen LogP contribution >= 0.6 is 0 Å². The zero-order valence-electron chi connectivity index (χ0n) is 13.4. The van der Waals surface area contributed by atoms with Gasteiger partial charge in [0.25, 0.3) is 0 Å². The van der Waals surface area contributed by atoms with Gasteiger partial charge in [-0.15, -0.1) is 0 Å². The van der Waals surface area contributed by atoms with Gasteiger partial charge in [0.2, 0.25) is 5.91 Å². The quantitative estimate of drug-likeness (QED) is 0.866. The van der Waals surface area contributed by atoms with Gasteiger partial charge in [-0.2, -0.15) is 0 Å². The molecule has 1 aromatic rings. The van der Waals surface area contributed by atoms with Gasteiger partial charge in [-0.3, -0.25) is 4.79 Å². The van der Waals surface area contributed by atoms with Crippen LogP contribution in [0.1, 0.15) is 26.3 Å². The summed E-state index contributed by atoms with van der Waals surface area (Å²) in [6.45, 7) is 5.83. The lowest BCUT2D eigenvalue weighted by atomic mass is 10.0. The van der Waals surface area contributed by atoms with Crippen molar-refractivity contribution in [3.8, 4) is 5.75 Å². The van der Waals surface area contributed by atoms with E-state index in [1.165, 1.54) is 0 Å². The number of nitrogens with zero attached hydrogens (tertiary/aromatic N) is 1. The first-order chi connectivity index (χ1) is 9.33. The Morgan fingerprint density at radius 3 is 2.55 bits per heavy atom. The maximum atomic E-state index is 12.4. The Hall–Kier alpha value is -1.55. The first kappa shape index (κ1) is 16.5. The molecule has 1 N–H and O–H groups in total. The third-order valence-corrected chi connectivity index (χ3v) is 3.85. The predicted molar refractivity (Wildman–Crippen MR) is 82.1 cm³/mol. The summed E-state index contributed by atoms with van der Waals surface area (Å²) in [4.78, 5) is 14.2. The highest BCUT2D eigenvalue weighted by atomic mass is 16.5. The van der Waals surface area contributed by atoms with Gasteiger partial charge in [0.05, 0.1) is 12.6 Å². The molecule has 0 aromatic heterocycles. The first-order valence-electron chi connectivity index (χ1n) is 6.91. The highest BCUT2D eigenvalue weighted by Crippen LogP contribution is 2.21. The van der Waals surface area contributed by atoms with Gasteiger partial charge in [-0.25, -0.2) is 0 Å². The van der Waals surface area contributed by atoms with Gasteiger partial charge in [-0.05, 0) is 45.9 Å². The molecule has 0 saturated carbocycles. The lowest BCUT2D eigenvalue weighted by molar-refractivity contribution is -0.137. The number of methoxy groups -OCH3 is 1. The summed E-state index contributed by atoms with van der Waals surface area (Å²) in [6.07, 6.45) is 0.770. The van der Waals surface area contributed by atoms with Crippen molar-refractivity contribution in [1.29, 1.82) is 0 Å². The van der Waals surface area contributed by atoms with Gasteiger partial charge in [0, 0.05) is 13.1 Å². The minimum atomic E-state index is -0.552. The molecule has 4 heteroatoms. The summed E-state index contributed by atoms with van der Waals surface area (Å²) >= 11 is 0. The molecule has 1 aromatic carbocycles. The van der Waals surface area contributed by atoms with Crippen LogP contribution in [0, 0.1) is 0 Å². The number of nitrogens with one attached hydrogen (secondary N) is 1. The zero-order valence-corrected chi connectivity index (χ0v) is 13.4. The van der Waals surface area contributed by atoms with Crippen molar-refractivity contribution >= 4 is 5.91 Å². The molecular weight excluding hydrogens is 252 g/mol. The highest BCUT2D eigenvalue weighted by Gasteiger charge is 2.30. The molecule has 0 aliphatic carbocycles. The van der Waals surface area contributed by atoms with Gasteiger partial charge in [-0.1, -0.05) is 18.2 Å². The van der Waals surface area contributed by atoms with Crippen molar-refractivity contribution in [3.05, 3.63) is 29.8 Å². The van der Waals surface area contributed by atoms with Crippen LogP contribution in [0.3, 0.4) is 0 Å². The summed E-state index contributed by atoms with van der Waals surface area (Å²) in [7, 11) is 5.32. The van der Waals surface area contributed by atoms with E-state index in [1.807, 2.05) is 45.2 Å². The Morgan fingerprint density at radius 1 is 1.40 bits per heavy atom. The van der Waals surface area contributed by atoms with E-state index >= 15 is 0 Å². The first-order valence-corrected chi connectivity index (χ1v) is 6.91. The SMILES string of the molecule is CNC(C)(C)C(=O)N(C)C(C)Cc1ccccc1OC. The number of carbonyl (C=O) groups excluding carboxylic acids is 1. The van der Waals surface area contributed by atoms with E-state index in [9.17, 15) is 4.79 Å². The van der Waals surface area contributed by atoms with Gasteiger partial charge in [0.15, 0.2) is 0 Å². The molecule has 112 valence electrons. The van der Waals surface area contributed by atoms with E-state index in [0.29, 0.717) is 0 Å². The fourth-order valence-corrected chi connectivity index (χ4v) is 2.07. The summed E-state index contributed by atoms with van der Waals surface area (Å²) in [5.74, 6) is 0.954. The summed E-state index contributed by atoms with van der Waals surface area (Å²) in [5, 5.41) is 3.05. The van der Waals surface area contributed by atoms with Crippen molar-refractivity contribution in [1.82, 2.24) is 10.2 Å². The Labute approximate surface area is 122 Å². The molecule has 4 nitrogen and oxygen atoms in total. The number of benzene rings is 1. The summed E-state index contributed by atoms with van der Waals surface area (Å²) in [6, 6.07) is 8.03. The number of likely N-dealkylation sites (N-methyl/N-ethyl adjacent to an activating group) is 2. The third-order valence-electron chi connectivity index (χ3n) is 3.85. The largest absolute Gasteiger partial charge is 0.496 e. The van der Waals surface area contributed by atoms with Crippen LogP contribution in [0.2, 0.25) is 0 Å². The van der Waals surface area contributed by atoms with Crippen molar-refractivity contribution in [3.63, 3.8) is 0 Å². The zero-order chi connectivity index (χ0) is 15.3. The summed E-state index contributed by atoms with van der Waals surface area (Å²) < 4.78 is 5.36. The lowest BCUT2D eigenvalue weighted by Crippen LogP contribution is -2.54. The number of para-hydroxylation sites is 1. The minimum Gasteiger partial charge on any atom is -0.496 e. The van der Waals surface area contributed by atoms with E-state index in [2.05, 4.69) is 12.2 Å². The molecular formula is C16H26N2O2. The van der Waals surface area contributed by atoms with E-state index in [1.54, 1.807) is 19.1 Å². The molecule has 1 atom stereocenters. The molecule has 0 spiro atoms. The number of amides is 1. The number of rotatable bonds is 6. The Kier molecular flexibility index (Phi) is 5.57. The maximum Gasteiger partial charge on any atom is 0.242 e. The average molecular weight is 278 g/mol. The van der Waals surface area contributed by atoms with Crippen molar-refractivity contribution in [2.24, 2.45) is 0 Å². The second-order valence-corrected chi connectivity index (χ2v) is 5.66. The molecule has 1 rings (SSSR count). The van der Waals surface area contributed by atoms with Crippen LogP contribution in [0.15, 0.2) is 24.3 Å². The monoisotopic (exact) mass is 278 g/mol. The molecule has 0 aliphatic heterocycles. The minimum absolute atomic E-state index is 0.0856. The van der Waals surface area contributed by atoms with E-state index in [0.717, 1.165) is 17.7 Å². The normalized spacial score (nSPS) is 12.9. The molecule has 0 fully saturated rings. The molecule has 1 amide bonds. The molecule has 20 heavy (non-hydrogen) atoms. The molecule has 0 radical (unpaired) electrons. The summed E-state index contributed by atoms with van der Waals surface area (Å²) in [5.41, 5.74) is 0.563. The standard InChI is InChI=1S/C16H26N2O2/c1-12(18(5)15(19)16(2,3)17-4)11-13-9-7-8-10-14(13)20-6/h7-10,12,17H,11H2,1-6H3. The van der Waals surface area contributed by atoms with Crippen LogP contribution < -0.4 is 10.1 Å². The highest BCUT2D eigenvalue weighted by molar-refractivity contribution is 5.85. The molecule has 0 aliphatic rings. The number of ether oxygens (including phenoxy) is 1. The second kappa shape index (κ2) is 6.75. The van der Waals surface area contributed by atoms with Gasteiger partial charge >= 0.3 is 0 Å². The van der Waals surface area contributed by atoms with Gasteiger partial charge in [0.1, 0.15) is 5.75 Å². The van der Waals surface area contributed by atoms with E-state index in [-0.39, 0.29) is 11.9 Å². The predicted octanol–water partition coefficient (Wildman–Crippen LogP) is 2.08. The Bertz CT molecular complexity index is 458. The Morgan fingerprint density at radius 2 is 2.00 bits per heavy atom. The van der Waals surface area contributed by atoms with Crippen molar-refractivity contribution < 1.29 is 9.53 Å². The van der Waals surface area contributed by atoms with Crippen LogP contribution in [-0.4, -0.2) is 43.6 Å². The Balaban J connectivity index is 2.80. The van der Waals surface area contributed by atoms with Crippen LogP contribution in [-0.2, 0) is 11.2 Å². The van der Waals surface area contributed by atoms with Gasteiger partial charge < -0.3 is 15.0 Å². The lowest BCUT2D eigenvalue weighted by Gasteiger charge is -2.33. The number of hydrogen-bond donors (Lipinski definition) is 1. The third kappa shape index (κ3) is 3.73. The topological polar surface area (TPSA) is 41.6 Å². The van der Waals surface area contributed by atoms with Crippen LogP contribution in [0.4, 0.5) is 0 Å². The average Bonchev–Trinajstić information content (AvgIpc) is 2.46. The van der Waals surface area contributed by atoms with Crippen molar-refractivity contribution in [2.75, 3.05) is 21.2 Å². The van der Waals surface area contributed by atoms with E-state index < -0.39 is 5.54 Å². The molecule has 0 heterocycles. The maximum absolute atomic E-state index is 12.4. The molecule has 1 unspecified atom stereocenters.